The van der Waals surface area contributed by atoms with Crippen LogP contribution in [0.2, 0.25) is 0 Å². The highest BCUT2D eigenvalue weighted by Crippen LogP contribution is 2.22. The molecule has 1 aromatic rings. The highest BCUT2D eigenvalue weighted by atomic mass is 32.2. The van der Waals surface area contributed by atoms with Crippen molar-refractivity contribution in [2.75, 3.05) is 39.3 Å². The molecule has 0 aromatic heterocycles. The van der Waals surface area contributed by atoms with Crippen molar-refractivity contribution >= 4 is 21.8 Å². The summed E-state index contributed by atoms with van der Waals surface area (Å²) in [6, 6.07) is 2.88. The minimum Gasteiger partial charge on any atom is -0.352 e. The van der Waals surface area contributed by atoms with Crippen molar-refractivity contribution in [3.05, 3.63) is 29.8 Å². The Bertz CT molecular complexity index is 804. The van der Waals surface area contributed by atoms with Crippen LogP contribution in [0.15, 0.2) is 23.1 Å². The predicted octanol–water partition coefficient (Wildman–Crippen LogP) is -1.51. The maximum absolute atomic E-state index is 13.8. The Kier molecular flexibility index (Phi) is 7.44. The van der Waals surface area contributed by atoms with Gasteiger partial charge in [0.1, 0.15) is 11.6 Å². The van der Waals surface area contributed by atoms with Gasteiger partial charge in [0.15, 0.2) is 11.4 Å². The molecule has 8 nitrogen and oxygen atoms in total. The van der Waals surface area contributed by atoms with Gasteiger partial charge < -0.3 is 15.5 Å². The molecule has 2 rings (SSSR count). The molecule has 0 atom stereocenters. The molecule has 1 aliphatic heterocycles. The molecule has 156 valence electrons. The first-order valence-electron chi connectivity index (χ1n) is 8.95. The van der Waals surface area contributed by atoms with Crippen molar-refractivity contribution in [1.82, 2.24) is 14.9 Å². The lowest BCUT2D eigenvalue weighted by atomic mass is 10.3. The maximum atomic E-state index is 13.8. The summed E-state index contributed by atoms with van der Waals surface area (Å²) < 4.78 is 53.8. The standard InChI is InChI=1S/C17H24F2N4O4S/c1-12(2)21-15(24)10-20-16(25)11-22-6-8-23(9-7-22)28(26,27)17-13(18)4-3-5-14(17)19/h3-5,12H,6-11H2,1-2H3,(H,20,25)(H,21,24)/p+1. The molecule has 0 unspecified atom stereocenters. The molecule has 0 radical (unpaired) electrons. The van der Waals surface area contributed by atoms with Gasteiger partial charge in [0.05, 0.1) is 32.7 Å². The summed E-state index contributed by atoms with van der Waals surface area (Å²) in [7, 11) is -4.29. The number of benzene rings is 1. The van der Waals surface area contributed by atoms with Gasteiger partial charge in [-0.05, 0) is 26.0 Å². The number of piperazine rings is 1. The number of halogens is 2. The van der Waals surface area contributed by atoms with Crippen LogP contribution in [0.1, 0.15) is 13.8 Å². The summed E-state index contributed by atoms with van der Waals surface area (Å²) in [6.45, 7) is 4.25. The molecule has 0 bridgehead atoms. The Hall–Kier alpha value is -2.11. The van der Waals surface area contributed by atoms with E-state index in [-0.39, 0.29) is 44.0 Å². The molecule has 0 aliphatic carbocycles. The fourth-order valence-corrected chi connectivity index (χ4v) is 4.47. The zero-order chi connectivity index (χ0) is 20.9. The quantitative estimate of drug-likeness (QED) is 0.501. The van der Waals surface area contributed by atoms with Crippen LogP contribution < -0.4 is 15.5 Å². The number of hydrogen-bond acceptors (Lipinski definition) is 4. The number of carbonyl (C=O) groups excluding carboxylic acids is 2. The van der Waals surface area contributed by atoms with Gasteiger partial charge in [-0.15, -0.1) is 0 Å². The van der Waals surface area contributed by atoms with Crippen molar-refractivity contribution in [1.29, 1.82) is 0 Å². The summed E-state index contributed by atoms with van der Waals surface area (Å²) in [5, 5.41) is 5.17. The minimum absolute atomic E-state index is 0.0238. The summed E-state index contributed by atoms with van der Waals surface area (Å²) in [5.41, 5.74) is 0. The van der Waals surface area contributed by atoms with E-state index in [9.17, 15) is 26.8 Å². The van der Waals surface area contributed by atoms with E-state index in [4.69, 9.17) is 0 Å². The zero-order valence-electron chi connectivity index (χ0n) is 15.8. The lowest BCUT2D eigenvalue weighted by molar-refractivity contribution is -0.895. The second kappa shape index (κ2) is 9.39. The van der Waals surface area contributed by atoms with Crippen LogP contribution >= 0.6 is 0 Å². The van der Waals surface area contributed by atoms with Crippen LogP contribution in [0.25, 0.3) is 0 Å². The topological polar surface area (TPSA) is 100 Å². The number of nitrogens with one attached hydrogen (secondary N) is 3. The Labute approximate surface area is 162 Å². The van der Waals surface area contributed by atoms with Gasteiger partial charge in [-0.2, -0.15) is 4.31 Å². The number of amides is 2. The molecular weight excluding hydrogens is 394 g/mol. The van der Waals surface area contributed by atoms with Gasteiger partial charge in [0.25, 0.3) is 5.91 Å². The van der Waals surface area contributed by atoms with E-state index in [2.05, 4.69) is 10.6 Å². The largest absolute Gasteiger partial charge is 0.352 e. The van der Waals surface area contributed by atoms with Crippen LogP contribution in [0.3, 0.4) is 0 Å². The van der Waals surface area contributed by atoms with Crippen molar-refractivity contribution in [3.8, 4) is 0 Å². The first kappa shape index (κ1) is 22.2. The SMILES string of the molecule is CC(C)NC(=O)CNC(=O)C[NH+]1CCN(S(=O)(=O)c2c(F)cccc2F)CC1. The van der Waals surface area contributed by atoms with Gasteiger partial charge in [-0.25, -0.2) is 17.2 Å². The predicted molar refractivity (Wildman–Crippen MR) is 97.0 cm³/mol. The average Bonchev–Trinajstić information content (AvgIpc) is 2.59. The van der Waals surface area contributed by atoms with Crippen LogP contribution in [-0.4, -0.2) is 69.8 Å². The molecule has 0 spiro atoms. The van der Waals surface area contributed by atoms with Crippen LogP contribution in [0.4, 0.5) is 8.78 Å². The molecule has 1 aromatic carbocycles. The molecule has 0 saturated carbocycles. The Morgan fingerprint density at radius 2 is 1.71 bits per heavy atom. The third-order valence-corrected chi connectivity index (χ3v) is 6.20. The smallest absolute Gasteiger partial charge is 0.275 e. The van der Waals surface area contributed by atoms with E-state index in [1.807, 2.05) is 13.8 Å². The number of hydrogen-bond donors (Lipinski definition) is 3. The van der Waals surface area contributed by atoms with Gasteiger partial charge in [0, 0.05) is 6.04 Å². The van der Waals surface area contributed by atoms with E-state index in [1.165, 1.54) is 0 Å². The molecule has 11 heteroatoms. The zero-order valence-corrected chi connectivity index (χ0v) is 16.6. The summed E-state index contributed by atoms with van der Waals surface area (Å²) >= 11 is 0. The second-order valence-corrected chi connectivity index (χ2v) is 8.76. The van der Waals surface area contributed by atoms with Crippen LogP contribution in [0.5, 0.6) is 0 Å². The molecule has 28 heavy (non-hydrogen) atoms. The summed E-state index contributed by atoms with van der Waals surface area (Å²) in [5.74, 6) is -2.88. The number of sulfonamides is 1. The van der Waals surface area contributed by atoms with Gasteiger partial charge >= 0.3 is 0 Å². The van der Waals surface area contributed by atoms with E-state index in [0.717, 1.165) is 27.4 Å². The Morgan fingerprint density at radius 1 is 1.14 bits per heavy atom. The minimum atomic E-state index is -4.29. The van der Waals surface area contributed by atoms with Crippen molar-refractivity contribution < 1.29 is 31.7 Å². The van der Waals surface area contributed by atoms with Gasteiger partial charge in [0.2, 0.25) is 15.9 Å². The van der Waals surface area contributed by atoms with E-state index >= 15 is 0 Å². The van der Waals surface area contributed by atoms with E-state index in [1.54, 1.807) is 0 Å². The Balaban J connectivity index is 1.87. The average molecular weight is 419 g/mol. The third-order valence-electron chi connectivity index (χ3n) is 4.25. The molecule has 1 saturated heterocycles. The fourth-order valence-electron chi connectivity index (χ4n) is 2.92. The molecule has 3 N–H and O–H groups in total. The summed E-state index contributed by atoms with van der Waals surface area (Å²) in [4.78, 5) is 23.3. The molecule has 1 fully saturated rings. The van der Waals surface area contributed by atoms with Gasteiger partial charge in [-0.3, -0.25) is 9.59 Å². The fraction of sp³-hybridized carbons (Fsp3) is 0.529. The monoisotopic (exact) mass is 419 g/mol. The molecule has 1 heterocycles. The molecule has 1 aliphatic rings. The first-order chi connectivity index (χ1) is 13.1. The van der Waals surface area contributed by atoms with Crippen LogP contribution in [-0.2, 0) is 19.6 Å². The summed E-state index contributed by atoms with van der Waals surface area (Å²) in [6.07, 6.45) is 0. The lowest BCUT2D eigenvalue weighted by Crippen LogP contribution is -3.15. The van der Waals surface area contributed by atoms with Crippen LogP contribution in [0, 0.1) is 11.6 Å². The number of quaternary nitrogens is 1. The molecular formula is C17H25F2N4O4S+. The number of rotatable bonds is 7. The highest BCUT2D eigenvalue weighted by Gasteiger charge is 2.34. The maximum Gasteiger partial charge on any atom is 0.275 e. The number of nitrogens with zero attached hydrogens (tertiary/aromatic N) is 1. The highest BCUT2D eigenvalue weighted by molar-refractivity contribution is 7.89. The third kappa shape index (κ3) is 5.69. The normalized spacial score (nSPS) is 16.2. The lowest BCUT2D eigenvalue weighted by Gasteiger charge is -2.31. The first-order valence-corrected chi connectivity index (χ1v) is 10.4. The number of carbonyl (C=O) groups is 2. The Morgan fingerprint density at radius 3 is 2.25 bits per heavy atom. The van der Waals surface area contributed by atoms with E-state index in [0.29, 0.717) is 13.1 Å². The van der Waals surface area contributed by atoms with Crippen molar-refractivity contribution in [2.45, 2.75) is 24.8 Å². The van der Waals surface area contributed by atoms with Gasteiger partial charge in [-0.1, -0.05) is 6.07 Å². The van der Waals surface area contributed by atoms with Crippen molar-refractivity contribution in [2.24, 2.45) is 0 Å². The molecule has 2 amide bonds. The second-order valence-electron chi connectivity index (χ2n) is 6.88. The van der Waals surface area contributed by atoms with Crippen molar-refractivity contribution in [3.63, 3.8) is 0 Å². The van der Waals surface area contributed by atoms with E-state index < -0.39 is 26.6 Å².